The SMILES string of the molecule is COc1cc(C(=O)NC(=S)N2CCN(c3ccc(Cl)cc3[N+](=O)[O-])CC2)cc(OC)c1OC. The van der Waals surface area contributed by atoms with Crippen LogP contribution in [0.15, 0.2) is 30.3 Å². The summed E-state index contributed by atoms with van der Waals surface area (Å²) >= 11 is 11.3. The summed E-state index contributed by atoms with van der Waals surface area (Å²) in [4.78, 5) is 27.5. The fourth-order valence-corrected chi connectivity index (χ4v) is 3.96. The summed E-state index contributed by atoms with van der Waals surface area (Å²) < 4.78 is 15.9. The van der Waals surface area contributed by atoms with E-state index in [0.29, 0.717) is 59.7 Å². The van der Waals surface area contributed by atoms with Crippen LogP contribution in [0.4, 0.5) is 11.4 Å². The predicted octanol–water partition coefficient (Wildman–Crippen LogP) is 3.11. The summed E-state index contributed by atoms with van der Waals surface area (Å²) in [5.41, 5.74) is 0.743. The van der Waals surface area contributed by atoms with Crippen LogP contribution in [0.25, 0.3) is 0 Å². The number of hydrogen-bond donors (Lipinski definition) is 1. The van der Waals surface area contributed by atoms with Crippen molar-refractivity contribution in [3.8, 4) is 17.2 Å². The van der Waals surface area contributed by atoms with E-state index in [-0.39, 0.29) is 10.8 Å². The van der Waals surface area contributed by atoms with Gasteiger partial charge in [-0.15, -0.1) is 0 Å². The van der Waals surface area contributed by atoms with E-state index >= 15 is 0 Å². The molecule has 33 heavy (non-hydrogen) atoms. The Morgan fingerprint density at radius 1 is 1.06 bits per heavy atom. The van der Waals surface area contributed by atoms with Crippen LogP contribution in [0.1, 0.15) is 10.4 Å². The van der Waals surface area contributed by atoms with E-state index in [1.54, 1.807) is 12.1 Å². The second kappa shape index (κ2) is 10.5. The molecule has 1 fully saturated rings. The van der Waals surface area contributed by atoms with E-state index in [1.807, 2.05) is 9.80 Å². The Bertz CT molecular complexity index is 1050. The number of benzene rings is 2. The van der Waals surface area contributed by atoms with Gasteiger partial charge in [-0.3, -0.25) is 20.2 Å². The van der Waals surface area contributed by atoms with Crippen molar-refractivity contribution in [3.63, 3.8) is 0 Å². The molecule has 176 valence electrons. The number of methoxy groups -OCH3 is 3. The van der Waals surface area contributed by atoms with Crippen LogP contribution in [0, 0.1) is 10.1 Å². The molecule has 0 bridgehead atoms. The van der Waals surface area contributed by atoms with E-state index in [0.717, 1.165) is 0 Å². The average molecular weight is 495 g/mol. The van der Waals surface area contributed by atoms with Crippen LogP contribution in [-0.2, 0) is 0 Å². The molecular formula is C21H23ClN4O6S. The average Bonchev–Trinajstić information content (AvgIpc) is 2.82. The number of carbonyl (C=O) groups excluding carboxylic acids is 1. The topological polar surface area (TPSA) is 106 Å². The number of amides is 1. The summed E-state index contributed by atoms with van der Waals surface area (Å²) in [5.74, 6) is 0.666. The standard InChI is InChI=1S/C21H23ClN4O6S/c1-30-17-10-13(11-18(31-2)19(17)32-3)20(27)23-21(33)25-8-6-24(7-9-25)15-5-4-14(22)12-16(15)26(28)29/h4-5,10-12H,6-9H2,1-3H3,(H,23,27,33). The van der Waals surface area contributed by atoms with Crippen molar-refractivity contribution in [2.45, 2.75) is 0 Å². The normalized spacial score (nSPS) is 13.3. The molecule has 1 heterocycles. The minimum Gasteiger partial charge on any atom is -0.493 e. The van der Waals surface area contributed by atoms with Crippen LogP contribution < -0.4 is 24.4 Å². The van der Waals surface area contributed by atoms with Gasteiger partial charge >= 0.3 is 0 Å². The highest BCUT2D eigenvalue weighted by atomic mass is 35.5. The summed E-state index contributed by atoms with van der Waals surface area (Å²) in [5, 5.41) is 14.7. The monoisotopic (exact) mass is 494 g/mol. The number of halogens is 1. The van der Waals surface area contributed by atoms with Gasteiger partial charge in [-0.25, -0.2) is 0 Å². The maximum atomic E-state index is 12.8. The number of nitrogens with zero attached hydrogens (tertiary/aromatic N) is 3. The van der Waals surface area contributed by atoms with Crippen molar-refractivity contribution in [1.29, 1.82) is 0 Å². The van der Waals surface area contributed by atoms with Gasteiger partial charge < -0.3 is 24.0 Å². The predicted molar refractivity (Wildman–Crippen MR) is 128 cm³/mol. The first kappa shape index (κ1) is 24.3. The molecule has 1 N–H and O–H groups in total. The molecule has 0 radical (unpaired) electrons. The fourth-order valence-electron chi connectivity index (χ4n) is 3.52. The van der Waals surface area contributed by atoms with Gasteiger partial charge in [-0.1, -0.05) is 11.6 Å². The minimum absolute atomic E-state index is 0.0470. The highest BCUT2D eigenvalue weighted by molar-refractivity contribution is 7.80. The van der Waals surface area contributed by atoms with E-state index in [2.05, 4.69) is 5.32 Å². The van der Waals surface area contributed by atoms with Gasteiger partial charge in [-0.05, 0) is 36.5 Å². The lowest BCUT2D eigenvalue weighted by atomic mass is 10.1. The smallest absolute Gasteiger partial charge is 0.294 e. The molecule has 0 aromatic heterocycles. The maximum Gasteiger partial charge on any atom is 0.294 e. The lowest BCUT2D eigenvalue weighted by molar-refractivity contribution is -0.384. The van der Waals surface area contributed by atoms with Crippen LogP contribution in [-0.4, -0.2) is 68.4 Å². The van der Waals surface area contributed by atoms with Crippen LogP contribution in [0.3, 0.4) is 0 Å². The third-order valence-electron chi connectivity index (χ3n) is 5.19. The van der Waals surface area contributed by atoms with E-state index in [1.165, 1.54) is 39.5 Å². The number of thiocarbonyl (C=S) groups is 1. The van der Waals surface area contributed by atoms with Crippen molar-refractivity contribution < 1.29 is 23.9 Å². The molecule has 1 aliphatic heterocycles. The molecule has 0 spiro atoms. The van der Waals surface area contributed by atoms with Gasteiger partial charge in [0.1, 0.15) is 5.69 Å². The van der Waals surface area contributed by atoms with Gasteiger partial charge in [0.25, 0.3) is 11.6 Å². The first-order chi connectivity index (χ1) is 15.8. The summed E-state index contributed by atoms with van der Waals surface area (Å²) in [6.07, 6.45) is 0. The number of anilines is 1. The van der Waals surface area contributed by atoms with Gasteiger partial charge in [0.15, 0.2) is 16.6 Å². The molecule has 2 aromatic carbocycles. The molecule has 1 saturated heterocycles. The summed E-state index contributed by atoms with van der Waals surface area (Å²) in [6, 6.07) is 7.68. The number of nitrogens with one attached hydrogen (secondary N) is 1. The largest absolute Gasteiger partial charge is 0.493 e. The van der Waals surface area contributed by atoms with Gasteiger partial charge in [0, 0.05) is 42.8 Å². The number of piperazine rings is 1. The fraction of sp³-hybridized carbons (Fsp3) is 0.333. The molecule has 1 amide bonds. The van der Waals surface area contributed by atoms with Gasteiger partial charge in [0.2, 0.25) is 5.75 Å². The first-order valence-electron chi connectivity index (χ1n) is 9.88. The van der Waals surface area contributed by atoms with E-state index in [9.17, 15) is 14.9 Å². The molecule has 0 saturated carbocycles. The number of rotatable bonds is 6. The number of hydrogen-bond acceptors (Lipinski definition) is 8. The summed E-state index contributed by atoms with van der Waals surface area (Å²) in [6.45, 7) is 1.94. The Labute approximate surface area is 201 Å². The van der Waals surface area contributed by atoms with Crippen LogP contribution in [0.2, 0.25) is 5.02 Å². The Morgan fingerprint density at radius 2 is 1.67 bits per heavy atom. The maximum absolute atomic E-state index is 12.8. The Balaban J connectivity index is 1.66. The summed E-state index contributed by atoms with van der Waals surface area (Å²) in [7, 11) is 4.41. The van der Waals surface area contributed by atoms with Crippen molar-refractivity contribution in [3.05, 3.63) is 51.0 Å². The van der Waals surface area contributed by atoms with E-state index < -0.39 is 10.8 Å². The van der Waals surface area contributed by atoms with Crippen molar-refractivity contribution >= 4 is 46.2 Å². The zero-order valence-corrected chi connectivity index (χ0v) is 19.9. The number of nitro groups is 1. The van der Waals surface area contributed by atoms with E-state index in [4.69, 9.17) is 38.0 Å². The Kier molecular flexibility index (Phi) is 7.77. The highest BCUT2D eigenvalue weighted by Gasteiger charge is 2.26. The van der Waals surface area contributed by atoms with Crippen molar-refractivity contribution in [2.75, 3.05) is 52.4 Å². The second-order valence-electron chi connectivity index (χ2n) is 7.04. The zero-order valence-electron chi connectivity index (χ0n) is 18.3. The number of nitro benzene ring substituents is 1. The third kappa shape index (κ3) is 5.37. The number of carbonyl (C=O) groups is 1. The molecule has 3 rings (SSSR count). The second-order valence-corrected chi connectivity index (χ2v) is 7.86. The molecule has 0 aliphatic carbocycles. The van der Waals surface area contributed by atoms with Crippen LogP contribution >= 0.6 is 23.8 Å². The third-order valence-corrected chi connectivity index (χ3v) is 5.78. The Morgan fingerprint density at radius 3 is 2.18 bits per heavy atom. The molecular weight excluding hydrogens is 472 g/mol. The molecule has 12 heteroatoms. The number of ether oxygens (including phenoxy) is 3. The van der Waals surface area contributed by atoms with Crippen LogP contribution in [0.5, 0.6) is 17.2 Å². The van der Waals surface area contributed by atoms with Crippen molar-refractivity contribution in [2.24, 2.45) is 0 Å². The highest BCUT2D eigenvalue weighted by Crippen LogP contribution is 2.38. The van der Waals surface area contributed by atoms with Gasteiger partial charge in [0.05, 0.1) is 26.3 Å². The molecule has 0 unspecified atom stereocenters. The molecule has 1 aliphatic rings. The quantitative estimate of drug-likeness (QED) is 0.368. The van der Waals surface area contributed by atoms with Gasteiger partial charge in [-0.2, -0.15) is 0 Å². The minimum atomic E-state index is -0.449. The lowest BCUT2D eigenvalue weighted by Gasteiger charge is -2.37. The van der Waals surface area contributed by atoms with Crippen molar-refractivity contribution in [1.82, 2.24) is 10.2 Å². The Hall–Kier alpha value is -3.31. The molecule has 0 atom stereocenters. The first-order valence-corrected chi connectivity index (χ1v) is 10.7. The molecule has 2 aromatic rings. The zero-order chi connectivity index (χ0) is 24.1. The molecule has 10 nitrogen and oxygen atoms in total. The lowest BCUT2D eigenvalue weighted by Crippen LogP contribution is -2.52.